The van der Waals surface area contributed by atoms with Crippen LogP contribution in [-0.2, 0) is 9.53 Å². The molecule has 0 radical (unpaired) electrons. The Morgan fingerprint density at radius 1 is 1.36 bits per heavy atom. The zero-order valence-corrected chi connectivity index (χ0v) is 13.0. The summed E-state index contributed by atoms with van der Waals surface area (Å²) in [6.45, 7) is 7.25. The van der Waals surface area contributed by atoms with Gasteiger partial charge < -0.3 is 17.5 Å². The van der Waals surface area contributed by atoms with Gasteiger partial charge in [-0.25, -0.2) is 0 Å². The Labute approximate surface area is 123 Å². The molecule has 3 nitrogen and oxygen atoms in total. The Balaban J connectivity index is -0.000000117. The van der Waals surface area contributed by atoms with Crippen LogP contribution in [0, 0.1) is 56.2 Å². The SMILES string of the molecule is CC.[CH2-]NC(=O)CCOCCC.[CH3-].[Ce]. The van der Waals surface area contributed by atoms with Crippen LogP contribution in [0.2, 0.25) is 0 Å². The molecule has 0 saturated heterocycles. The van der Waals surface area contributed by atoms with E-state index in [0.29, 0.717) is 13.0 Å². The number of ether oxygens (including phenoxy) is 1. The van der Waals surface area contributed by atoms with Gasteiger partial charge in [0.1, 0.15) is 0 Å². The molecule has 0 heterocycles. The van der Waals surface area contributed by atoms with Crippen molar-refractivity contribution in [2.75, 3.05) is 13.2 Å². The van der Waals surface area contributed by atoms with E-state index >= 15 is 0 Å². The maximum Gasteiger partial charge on any atom is 0.193 e. The Bertz CT molecular complexity index is 100. The van der Waals surface area contributed by atoms with Crippen LogP contribution in [0.25, 0.3) is 0 Å². The normalized spacial score (nSPS) is 7.14. The third kappa shape index (κ3) is 23.0. The van der Waals surface area contributed by atoms with Gasteiger partial charge in [-0.05, 0) is 6.42 Å². The summed E-state index contributed by atoms with van der Waals surface area (Å²) in [5, 5.41) is 2.27. The van der Waals surface area contributed by atoms with Gasteiger partial charge in [-0.2, -0.15) is 0 Å². The minimum atomic E-state index is -0.0731. The van der Waals surface area contributed by atoms with E-state index in [4.69, 9.17) is 4.74 Å². The fraction of sp³-hybridized carbons (Fsp3) is 0.700. The Hall–Kier alpha value is 0.807. The number of rotatable bonds is 5. The van der Waals surface area contributed by atoms with E-state index in [9.17, 15) is 4.79 Å². The molecule has 0 aliphatic carbocycles. The van der Waals surface area contributed by atoms with E-state index < -0.39 is 0 Å². The van der Waals surface area contributed by atoms with E-state index in [2.05, 4.69) is 12.4 Å². The van der Waals surface area contributed by atoms with Crippen molar-refractivity contribution < 1.29 is 51.3 Å². The van der Waals surface area contributed by atoms with Crippen LogP contribution in [0.15, 0.2) is 0 Å². The first-order valence-corrected chi connectivity index (χ1v) is 4.45. The minimum Gasteiger partial charge on any atom is -0.508 e. The van der Waals surface area contributed by atoms with Crippen molar-refractivity contribution in [1.82, 2.24) is 5.32 Å². The molecule has 0 unspecified atom stereocenters. The summed E-state index contributed by atoms with van der Waals surface area (Å²) < 4.78 is 5.07. The van der Waals surface area contributed by atoms with E-state index in [-0.39, 0.29) is 55.1 Å². The molecule has 0 aromatic carbocycles. The molecule has 0 aliphatic heterocycles. The first-order chi connectivity index (χ1) is 5.81. The molecule has 1 N–H and O–H groups in total. The molecule has 0 spiro atoms. The second-order valence-electron chi connectivity index (χ2n) is 1.96. The van der Waals surface area contributed by atoms with Crippen molar-refractivity contribution in [1.29, 1.82) is 0 Å². The maximum absolute atomic E-state index is 10.5. The first kappa shape index (κ1) is 24.2. The largest absolute Gasteiger partial charge is 0.508 e. The second-order valence-corrected chi connectivity index (χ2v) is 1.96. The van der Waals surface area contributed by atoms with Crippen LogP contribution in [0.5, 0.6) is 0 Å². The number of nitrogens with one attached hydrogen (secondary N) is 1. The molecule has 1 amide bonds. The molecule has 0 atom stereocenters. The fourth-order valence-electron chi connectivity index (χ4n) is 0.500. The van der Waals surface area contributed by atoms with Crippen LogP contribution in [-0.4, -0.2) is 19.1 Å². The topological polar surface area (TPSA) is 38.3 Å². The van der Waals surface area contributed by atoms with Crippen LogP contribution in [0.3, 0.4) is 0 Å². The van der Waals surface area contributed by atoms with Crippen molar-refractivity contribution in [3.05, 3.63) is 14.5 Å². The molecule has 4 heteroatoms. The van der Waals surface area contributed by atoms with Crippen LogP contribution < -0.4 is 5.32 Å². The van der Waals surface area contributed by atoms with Gasteiger partial charge in [-0.3, -0.25) is 11.8 Å². The second kappa shape index (κ2) is 23.5. The van der Waals surface area contributed by atoms with E-state index in [0.717, 1.165) is 13.0 Å². The third-order valence-corrected chi connectivity index (χ3v) is 1.02. The Morgan fingerprint density at radius 3 is 2.21 bits per heavy atom. The third-order valence-electron chi connectivity index (χ3n) is 1.02. The summed E-state index contributed by atoms with van der Waals surface area (Å²) in [7, 11) is 3.23. The predicted octanol–water partition coefficient (Wildman–Crippen LogP) is 2.19. The monoisotopic (exact) mass is 329 g/mol. The number of hydrogen-bond acceptors (Lipinski definition) is 2. The number of amides is 1. The van der Waals surface area contributed by atoms with Crippen molar-refractivity contribution in [3.8, 4) is 0 Å². The summed E-state index contributed by atoms with van der Waals surface area (Å²) in [4.78, 5) is 10.5. The molecular formula is C10H23CeNO2-2. The summed E-state index contributed by atoms with van der Waals surface area (Å²) in [6.07, 6.45) is 1.40. The standard InChI is InChI=1S/C7H14NO2.C2H6.CH3.Ce/c1-3-5-10-6-4-7(9)8-2;1-2;;/h2-6H2,1H3,(H,8,9);1-2H3;1H3;/q-1;;-1;. The quantitative estimate of drug-likeness (QED) is 0.620. The van der Waals surface area contributed by atoms with Crippen LogP contribution >= 0.6 is 0 Å². The van der Waals surface area contributed by atoms with Gasteiger partial charge in [0.2, 0.25) is 0 Å². The van der Waals surface area contributed by atoms with E-state index in [1.807, 2.05) is 20.8 Å². The van der Waals surface area contributed by atoms with Gasteiger partial charge in [-0.15, -0.1) is 0 Å². The molecule has 0 saturated carbocycles. The number of carbonyl (C=O) groups excluding carboxylic acids is 1. The number of hydrogen-bond donors (Lipinski definition) is 1. The van der Waals surface area contributed by atoms with Gasteiger partial charge >= 0.3 is 0 Å². The van der Waals surface area contributed by atoms with Crippen molar-refractivity contribution >= 4 is 5.91 Å². The molecule has 0 aliphatic rings. The maximum atomic E-state index is 10.5. The molecule has 0 aromatic rings. The summed E-state index contributed by atoms with van der Waals surface area (Å²) in [6, 6.07) is 0. The molecule has 0 aromatic heterocycles. The van der Waals surface area contributed by atoms with Gasteiger partial charge in [0.15, 0.2) is 5.91 Å². The summed E-state index contributed by atoms with van der Waals surface area (Å²) in [5.41, 5.74) is 0. The summed E-state index contributed by atoms with van der Waals surface area (Å²) >= 11 is 0. The smallest absolute Gasteiger partial charge is 0.193 e. The molecule has 0 fully saturated rings. The zero-order chi connectivity index (χ0) is 9.82. The fourth-order valence-corrected chi connectivity index (χ4v) is 0.500. The average Bonchev–Trinajstić information content (AvgIpc) is 2.15. The van der Waals surface area contributed by atoms with Crippen LogP contribution in [0.1, 0.15) is 33.6 Å². The molecule has 86 valence electrons. The number of carbonyl (C=O) groups is 1. The molecule has 14 heavy (non-hydrogen) atoms. The Morgan fingerprint density at radius 2 is 1.86 bits per heavy atom. The minimum absolute atomic E-state index is 0. The van der Waals surface area contributed by atoms with Crippen molar-refractivity contribution in [3.63, 3.8) is 0 Å². The molecule has 0 rings (SSSR count). The van der Waals surface area contributed by atoms with Gasteiger partial charge in [0, 0.05) is 54.8 Å². The predicted molar refractivity (Wildman–Crippen MR) is 57.0 cm³/mol. The van der Waals surface area contributed by atoms with Crippen molar-refractivity contribution in [2.45, 2.75) is 33.6 Å². The van der Waals surface area contributed by atoms with Gasteiger partial charge in [0.25, 0.3) is 0 Å². The van der Waals surface area contributed by atoms with Gasteiger partial charge in [-0.1, -0.05) is 20.8 Å². The van der Waals surface area contributed by atoms with Crippen molar-refractivity contribution in [2.24, 2.45) is 0 Å². The first-order valence-electron chi connectivity index (χ1n) is 4.45. The van der Waals surface area contributed by atoms with Crippen LogP contribution in [0.4, 0.5) is 0 Å². The van der Waals surface area contributed by atoms with E-state index in [1.54, 1.807) is 0 Å². The molecular weight excluding hydrogens is 306 g/mol. The van der Waals surface area contributed by atoms with Gasteiger partial charge in [0.05, 0.1) is 6.61 Å². The summed E-state index contributed by atoms with van der Waals surface area (Å²) in [5.74, 6) is -0.0731. The molecule has 0 bridgehead atoms. The Kier molecular flexibility index (Phi) is 40.6. The average molecular weight is 329 g/mol. The van der Waals surface area contributed by atoms with E-state index in [1.165, 1.54) is 0 Å². The zero-order valence-electron chi connectivity index (χ0n) is 9.85.